The SMILES string of the molecule is Cc1cc2ncnn2nc1SCCCCCCBr. The van der Waals surface area contributed by atoms with Crippen molar-refractivity contribution in [3.05, 3.63) is 18.0 Å². The number of aryl methyl sites for hydroxylation is 1. The third-order valence-corrected chi connectivity index (χ3v) is 4.42. The van der Waals surface area contributed by atoms with Crippen LogP contribution in [-0.4, -0.2) is 30.9 Å². The van der Waals surface area contributed by atoms with Crippen LogP contribution in [0.1, 0.15) is 31.2 Å². The molecule has 4 nitrogen and oxygen atoms in total. The van der Waals surface area contributed by atoms with Crippen LogP contribution in [0.15, 0.2) is 17.4 Å². The summed E-state index contributed by atoms with van der Waals surface area (Å²) in [5.74, 6) is 1.12. The van der Waals surface area contributed by atoms with Crippen LogP contribution in [0.2, 0.25) is 0 Å². The second-order valence-electron chi connectivity index (χ2n) is 4.19. The van der Waals surface area contributed by atoms with Crippen LogP contribution in [0, 0.1) is 6.92 Å². The molecule has 2 heterocycles. The van der Waals surface area contributed by atoms with Crippen LogP contribution in [0.5, 0.6) is 0 Å². The Bertz CT molecular complexity index is 500. The van der Waals surface area contributed by atoms with Gasteiger partial charge in [0.05, 0.1) is 0 Å². The third kappa shape index (κ3) is 3.68. The molecule has 0 N–H and O–H groups in total. The molecule has 0 aliphatic heterocycles. The highest BCUT2D eigenvalue weighted by Gasteiger charge is 2.05. The Hall–Kier alpha value is -0.620. The van der Waals surface area contributed by atoms with Gasteiger partial charge in [0, 0.05) is 5.33 Å². The maximum atomic E-state index is 4.47. The lowest BCUT2D eigenvalue weighted by molar-refractivity contribution is 0.710. The van der Waals surface area contributed by atoms with Crippen molar-refractivity contribution in [3.63, 3.8) is 0 Å². The Morgan fingerprint density at radius 3 is 2.94 bits per heavy atom. The minimum Gasteiger partial charge on any atom is -0.213 e. The molecule has 2 aromatic heterocycles. The van der Waals surface area contributed by atoms with Gasteiger partial charge in [-0.3, -0.25) is 0 Å². The molecule has 98 valence electrons. The molecule has 18 heavy (non-hydrogen) atoms. The van der Waals surface area contributed by atoms with Gasteiger partial charge in [-0.1, -0.05) is 28.8 Å². The summed E-state index contributed by atoms with van der Waals surface area (Å²) in [4.78, 5) is 4.13. The van der Waals surface area contributed by atoms with E-state index in [1.54, 1.807) is 4.63 Å². The topological polar surface area (TPSA) is 43.1 Å². The van der Waals surface area contributed by atoms with E-state index in [2.05, 4.69) is 38.0 Å². The number of alkyl halides is 1. The zero-order valence-electron chi connectivity index (χ0n) is 10.5. The lowest BCUT2D eigenvalue weighted by atomic mass is 10.2. The van der Waals surface area contributed by atoms with Gasteiger partial charge in [0.25, 0.3) is 0 Å². The van der Waals surface area contributed by atoms with Crippen molar-refractivity contribution >= 4 is 33.3 Å². The van der Waals surface area contributed by atoms with E-state index < -0.39 is 0 Å². The maximum absolute atomic E-state index is 4.47. The standard InChI is InChI=1S/C12H17BrN4S/c1-10-8-11-14-9-15-17(11)16-12(10)18-7-5-3-2-4-6-13/h8-9H,2-7H2,1H3. The number of fused-ring (bicyclic) bond motifs is 1. The minimum absolute atomic E-state index is 0.814. The first-order chi connectivity index (χ1) is 8.81. The van der Waals surface area contributed by atoms with Gasteiger partial charge in [-0.15, -0.1) is 26.6 Å². The molecule has 0 spiro atoms. The molecule has 0 aromatic carbocycles. The molecular weight excluding hydrogens is 312 g/mol. The van der Waals surface area contributed by atoms with Crippen LogP contribution in [-0.2, 0) is 0 Å². The summed E-state index contributed by atoms with van der Waals surface area (Å²) >= 11 is 5.26. The third-order valence-electron chi connectivity index (χ3n) is 2.69. The summed E-state index contributed by atoms with van der Waals surface area (Å²) in [5, 5.41) is 10.7. The van der Waals surface area contributed by atoms with Crippen molar-refractivity contribution in [2.24, 2.45) is 0 Å². The van der Waals surface area contributed by atoms with Crippen LogP contribution in [0.3, 0.4) is 0 Å². The van der Waals surface area contributed by atoms with E-state index >= 15 is 0 Å². The number of nitrogens with zero attached hydrogens (tertiary/aromatic N) is 4. The molecule has 0 fully saturated rings. The zero-order valence-corrected chi connectivity index (χ0v) is 12.9. The van der Waals surface area contributed by atoms with E-state index in [-0.39, 0.29) is 0 Å². The Labute approximate surface area is 120 Å². The highest BCUT2D eigenvalue weighted by Crippen LogP contribution is 2.21. The number of halogens is 1. The van der Waals surface area contributed by atoms with E-state index in [9.17, 15) is 0 Å². The molecule has 0 aliphatic rings. The van der Waals surface area contributed by atoms with Crippen molar-refractivity contribution < 1.29 is 0 Å². The molecule has 2 rings (SSSR count). The first kappa shape index (κ1) is 13.8. The Morgan fingerprint density at radius 1 is 1.28 bits per heavy atom. The summed E-state index contributed by atoms with van der Waals surface area (Å²) in [6.07, 6.45) is 6.65. The lowest BCUT2D eigenvalue weighted by Crippen LogP contribution is -1.98. The summed E-state index contributed by atoms with van der Waals surface area (Å²) in [6.45, 7) is 2.08. The highest BCUT2D eigenvalue weighted by molar-refractivity contribution is 9.09. The van der Waals surface area contributed by atoms with Gasteiger partial charge in [-0.2, -0.15) is 0 Å². The van der Waals surface area contributed by atoms with Gasteiger partial charge < -0.3 is 0 Å². The molecule has 0 amide bonds. The maximum Gasteiger partial charge on any atom is 0.176 e. The fraction of sp³-hybridized carbons (Fsp3) is 0.583. The molecule has 0 bridgehead atoms. The highest BCUT2D eigenvalue weighted by atomic mass is 79.9. The van der Waals surface area contributed by atoms with Gasteiger partial charge in [0.2, 0.25) is 0 Å². The van der Waals surface area contributed by atoms with Crippen molar-refractivity contribution in [3.8, 4) is 0 Å². The molecule has 0 atom stereocenters. The zero-order chi connectivity index (χ0) is 12.8. The fourth-order valence-corrected chi connectivity index (χ4v) is 3.06. The molecule has 0 aliphatic carbocycles. The van der Waals surface area contributed by atoms with Gasteiger partial charge in [0.15, 0.2) is 5.65 Å². The van der Waals surface area contributed by atoms with Gasteiger partial charge in [-0.25, -0.2) is 4.98 Å². The van der Waals surface area contributed by atoms with E-state index in [1.807, 2.05) is 17.8 Å². The molecule has 0 unspecified atom stereocenters. The predicted molar refractivity (Wildman–Crippen MR) is 78.5 cm³/mol. The average Bonchev–Trinajstić information content (AvgIpc) is 2.80. The smallest absolute Gasteiger partial charge is 0.176 e. The van der Waals surface area contributed by atoms with Gasteiger partial charge in [-0.05, 0) is 37.1 Å². The van der Waals surface area contributed by atoms with Crippen LogP contribution in [0.25, 0.3) is 5.65 Å². The van der Waals surface area contributed by atoms with Crippen LogP contribution < -0.4 is 0 Å². The summed E-state index contributed by atoms with van der Waals surface area (Å²) in [5.41, 5.74) is 2.00. The quantitative estimate of drug-likeness (QED) is 0.443. The summed E-state index contributed by atoms with van der Waals surface area (Å²) in [7, 11) is 0. The molecule has 0 radical (unpaired) electrons. The Kier molecular flexibility index (Phi) is 5.44. The first-order valence-electron chi connectivity index (χ1n) is 6.17. The lowest BCUT2D eigenvalue weighted by Gasteiger charge is -2.04. The largest absolute Gasteiger partial charge is 0.213 e. The van der Waals surface area contributed by atoms with Crippen molar-refractivity contribution in [1.29, 1.82) is 0 Å². The van der Waals surface area contributed by atoms with E-state index in [1.165, 1.54) is 37.6 Å². The molecular formula is C12H17BrN4S. The molecule has 0 saturated carbocycles. The Morgan fingerprint density at radius 2 is 2.11 bits per heavy atom. The monoisotopic (exact) mass is 328 g/mol. The molecule has 0 saturated heterocycles. The second-order valence-corrected chi connectivity index (χ2v) is 6.07. The van der Waals surface area contributed by atoms with Crippen molar-refractivity contribution in [2.45, 2.75) is 37.6 Å². The summed E-state index contributed by atoms with van der Waals surface area (Å²) < 4.78 is 1.60. The first-order valence-corrected chi connectivity index (χ1v) is 8.28. The minimum atomic E-state index is 0.814. The summed E-state index contributed by atoms with van der Waals surface area (Å²) in [6, 6.07) is 2.03. The van der Waals surface area contributed by atoms with Crippen molar-refractivity contribution in [2.75, 3.05) is 11.1 Å². The van der Waals surface area contributed by atoms with Crippen LogP contribution in [0.4, 0.5) is 0 Å². The molecule has 6 heteroatoms. The van der Waals surface area contributed by atoms with E-state index in [4.69, 9.17) is 0 Å². The number of rotatable bonds is 7. The normalized spacial score (nSPS) is 11.2. The van der Waals surface area contributed by atoms with Gasteiger partial charge >= 0.3 is 0 Å². The number of thioether (sulfide) groups is 1. The Balaban J connectivity index is 1.85. The second kappa shape index (κ2) is 7.09. The van der Waals surface area contributed by atoms with E-state index in [0.717, 1.165) is 21.8 Å². The number of unbranched alkanes of at least 4 members (excludes halogenated alkanes) is 3. The molecule has 2 aromatic rings. The average molecular weight is 329 g/mol. The predicted octanol–water partition coefficient (Wildman–Crippen LogP) is 3.48. The fourth-order valence-electron chi connectivity index (χ4n) is 1.70. The van der Waals surface area contributed by atoms with Gasteiger partial charge in [0.1, 0.15) is 11.4 Å². The number of hydrogen-bond donors (Lipinski definition) is 0. The van der Waals surface area contributed by atoms with Crippen molar-refractivity contribution in [1.82, 2.24) is 19.8 Å². The number of aromatic nitrogens is 4. The van der Waals surface area contributed by atoms with Crippen LogP contribution >= 0.6 is 27.7 Å². The number of hydrogen-bond acceptors (Lipinski definition) is 4. The van der Waals surface area contributed by atoms with E-state index in [0.29, 0.717) is 0 Å².